The summed E-state index contributed by atoms with van der Waals surface area (Å²) in [6.07, 6.45) is 8.53. The molecular weight excluding hydrogens is 401 g/mol. The Balaban J connectivity index is 1.67. The molecule has 0 saturated heterocycles. The number of pyridine rings is 1. The van der Waals surface area contributed by atoms with E-state index in [0.29, 0.717) is 38.4 Å². The maximum Gasteiger partial charge on any atom is 0.251 e. The lowest BCUT2D eigenvalue weighted by molar-refractivity contribution is -0.0912. The average Bonchev–Trinajstić information content (AvgIpc) is 2.90. The van der Waals surface area contributed by atoms with Crippen LogP contribution < -0.4 is 14.2 Å². The molecule has 1 aliphatic carbocycles. The van der Waals surface area contributed by atoms with Crippen LogP contribution in [-0.4, -0.2) is 23.0 Å². The second-order valence-corrected chi connectivity index (χ2v) is 8.16. The first-order chi connectivity index (χ1) is 13.5. The number of benzene rings is 1. The van der Waals surface area contributed by atoms with Crippen molar-refractivity contribution in [1.82, 2.24) is 4.98 Å². The van der Waals surface area contributed by atoms with Crippen LogP contribution in [0.1, 0.15) is 55.8 Å². The smallest absolute Gasteiger partial charge is 0.251 e. The van der Waals surface area contributed by atoms with Gasteiger partial charge in [0.1, 0.15) is 0 Å². The summed E-state index contributed by atoms with van der Waals surface area (Å²) in [6, 6.07) is 3.61. The highest BCUT2D eigenvalue weighted by Gasteiger charge is 2.44. The summed E-state index contributed by atoms with van der Waals surface area (Å²) < 4.78 is 18.1. The zero-order valence-corrected chi connectivity index (χ0v) is 17.2. The number of halogens is 2. The van der Waals surface area contributed by atoms with E-state index in [0.717, 1.165) is 25.7 Å². The van der Waals surface area contributed by atoms with Crippen LogP contribution in [0, 0.1) is 0 Å². The number of aromatic nitrogens is 1. The molecule has 1 atom stereocenters. The van der Waals surface area contributed by atoms with Crippen molar-refractivity contribution in [2.45, 2.75) is 56.8 Å². The number of nitrogens with zero attached hydrogens (tertiary/aromatic N) is 1. The largest absolute Gasteiger partial charge is 0.493 e. The predicted octanol–water partition coefficient (Wildman–Crippen LogP) is 5.49. The van der Waals surface area contributed by atoms with Gasteiger partial charge >= 0.3 is 0 Å². The maximum atomic E-state index is 11.0. The fraction of sp³-hybridized carbons (Fsp3) is 0.476. The van der Waals surface area contributed by atoms with E-state index in [1.54, 1.807) is 13.2 Å². The van der Waals surface area contributed by atoms with E-state index < -0.39 is 11.9 Å². The Morgan fingerprint density at radius 1 is 1.07 bits per heavy atom. The van der Waals surface area contributed by atoms with Crippen molar-refractivity contribution in [2.75, 3.05) is 7.11 Å². The first-order valence-electron chi connectivity index (χ1n) is 9.58. The summed E-state index contributed by atoms with van der Waals surface area (Å²) in [7, 11) is 1.60. The quantitative estimate of drug-likeness (QED) is 0.703. The van der Waals surface area contributed by atoms with Gasteiger partial charge in [0.05, 0.1) is 23.3 Å². The highest BCUT2D eigenvalue weighted by atomic mass is 35.5. The minimum absolute atomic E-state index is 0.245. The van der Waals surface area contributed by atoms with Crippen LogP contribution in [0.2, 0.25) is 10.0 Å². The lowest BCUT2D eigenvalue weighted by Gasteiger charge is -2.26. The Morgan fingerprint density at radius 2 is 1.71 bits per heavy atom. The standard InChI is InChI=1S/C21H23Cl2NO4/c1-26-18-7-6-13(17(25)10-14-15(22)11-24-12-16(14)23)19-20(18)28-21(27-19)8-4-2-3-5-9-21/h6-7,11-12,17,25H,2-5,8-10H2,1H3. The van der Waals surface area contributed by atoms with Crippen molar-refractivity contribution in [3.05, 3.63) is 45.7 Å². The molecule has 2 heterocycles. The van der Waals surface area contributed by atoms with Gasteiger partial charge < -0.3 is 19.3 Å². The van der Waals surface area contributed by atoms with Crippen LogP contribution in [0.5, 0.6) is 17.2 Å². The number of aliphatic hydroxyl groups is 1. The molecule has 28 heavy (non-hydrogen) atoms. The van der Waals surface area contributed by atoms with Gasteiger partial charge in [0.25, 0.3) is 5.79 Å². The molecule has 0 radical (unpaired) electrons. The van der Waals surface area contributed by atoms with Crippen molar-refractivity contribution in [1.29, 1.82) is 0 Å². The average molecular weight is 424 g/mol. The van der Waals surface area contributed by atoms with E-state index in [-0.39, 0.29) is 6.42 Å². The third-order valence-electron chi connectivity index (χ3n) is 5.48. The minimum atomic E-state index is -0.860. The summed E-state index contributed by atoms with van der Waals surface area (Å²) in [5.74, 6) is 1.04. The minimum Gasteiger partial charge on any atom is -0.493 e. The summed E-state index contributed by atoms with van der Waals surface area (Å²) in [6.45, 7) is 0. The molecule has 7 heteroatoms. The SMILES string of the molecule is COc1ccc(C(O)Cc2c(Cl)cncc2Cl)c2c1OC1(CCCCCC1)O2. The van der Waals surface area contributed by atoms with E-state index in [1.807, 2.05) is 6.07 Å². The van der Waals surface area contributed by atoms with E-state index in [9.17, 15) is 5.11 Å². The van der Waals surface area contributed by atoms with Gasteiger partial charge in [-0.3, -0.25) is 4.98 Å². The first kappa shape index (κ1) is 19.6. The van der Waals surface area contributed by atoms with Crippen LogP contribution in [0.3, 0.4) is 0 Å². The molecule has 0 bridgehead atoms. The number of aliphatic hydroxyl groups excluding tert-OH is 1. The Morgan fingerprint density at radius 3 is 2.36 bits per heavy atom. The molecule has 1 fully saturated rings. The third-order valence-corrected chi connectivity index (χ3v) is 6.13. The van der Waals surface area contributed by atoms with Crippen LogP contribution >= 0.6 is 23.2 Å². The van der Waals surface area contributed by atoms with Crippen LogP contribution in [0.25, 0.3) is 0 Å². The molecule has 1 unspecified atom stereocenters. The molecule has 1 saturated carbocycles. The van der Waals surface area contributed by atoms with E-state index >= 15 is 0 Å². The van der Waals surface area contributed by atoms with Crippen molar-refractivity contribution >= 4 is 23.2 Å². The summed E-state index contributed by atoms with van der Waals surface area (Å²) >= 11 is 12.5. The van der Waals surface area contributed by atoms with Crippen LogP contribution in [0.15, 0.2) is 24.5 Å². The lowest BCUT2D eigenvalue weighted by atomic mass is 10.0. The van der Waals surface area contributed by atoms with Gasteiger partial charge in [0.15, 0.2) is 11.5 Å². The molecule has 150 valence electrons. The number of rotatable bonds is 4. The first-order valence-corrected chi connectivity index (χ1v) is 10.3. The van der Waals surface area contributed by atoms with Gasteiger partial charge in [0, 0.05) is 37.2 Å². The van der Waals surface area contributed by atoms with Gasteiger partial charge in [-0.15, -0.1) is 0 Å². The Labute approximate surface area is 174 Å². The second-order valence-electron chi connectivity index (χ2n) is 7.35. The Kier molecular flexibility index (Phi) is 5.59. The number of hydrogen-bond acceptors (Lipinski definition) is 5. The van der Waals surface area contributed by atoms with E-state index in [4.69, 9.17) is 37.4 Å². The molecule has 2 aliphatic rings. The molecule has 1 aromatic carbocycles. The fourth-order valence-corrected chi connectivity index (χ4v) is 4.50. The number of fused-ring (bicyclic) bond motifs is 1. The molecule has 1 spiro atoms. The van der Waals surface area contributed by atoms with E-state index in [2.05, 4.69) is 4.98 Å². The molecule has 4 rings (SSSR count). The normalized spacial score (nSPS) is 18.7. The monoisotopic (exact) mass is 423 g/mol. The third kappa shape index (κ3) is 3.63. The number of ether oxygens (including phenoxy) is 3. The van der Waals surface area contributed by atoms with Crippen molar-refractivity contribution < 1.29 is 19.3 Å². The summed E-state index contributed by atoms with van der Waals surface area (Å²) in [5.41, 5.74) is 1.29. The maximum absolute atomic E-state index is 11.0. The number of methoxy groups -OCH3 is 1. The van der Waals surface area contributed by atoms with Gasteiger partial charge in [-0.1, -0.05) is 36.0 Å². The van der Waals surface area contributed by atoms with Gasteiger partial charge in [-0.2, -0.15) is 0 Å². The van der Waals surface area contributed by atoms with Gasteiger partial charge in [0.2, 0.25) is 5.75 Å². The zero-order valence-electron chi connectivity index (χ0n) is 15.7. The highest BCUT2D eigenvalue weighted by molar-refractivity contribution is 6.35. The van der Waals surface area contributed by atoms with Crippen molar-refractivity contribution in [3.8, 4) is 17.2 Å². The number of hydrogen-bond donors (Lipinski definition) is 1. The summed E-state index contributed by atoms with van der Waals surface area (Å²) in [4.78, 5) is 3.96. The predicted molar refractivity (Wildman–Crippen MR) is 108 cm³/mol. The lowest BCUT2D eigenvalue weighted by Crippen LogP contribution is -2.37. The summed E-state index contributed by atoms with van der Waals surface area (Å²) in [5, 5.41) is 11.8. The molecular formula is C21H23Cl2NO4. The van der Waals surface area contributed by atoms with Crippen LogP contribution in [0.4, 0.5) is 0 Å². The second kappa shape index (κ2) is 7.97. The molecule has 2 aromatic rings. The Bertz CT molecular complexity index is 845. The molecule has 5 nitrogen and oxygen atoms in total. The Hall–Kier alpha value is -1.69. The van der Waals surface area contributed by atoms with E-state index in [1.165, 1.54) is 25.2 Å². The van der Waals surface area contributed by atoms with Crippen molar-refractivity contribution in [3.63, 3.8) is 0 Å². The molecule has 1 aromatic heterocycles. The van der Waals surface area contributed by atoms with Crippen LogP contribution in [-0.2, 0) is 6.42 Å². The molecule has 0 amide bonds. The topological polar surface area (TPSA) is 60.8 Å². The molecule has 1 N–H and O–H groups in total. The van der Waals surface area contributed by atoms with Gasteiger partial charge in [-0.25, -0.2) is 0 Å². The zero-order chi connectivity index (χ0) is 19.7. The fourth-order valence-electron chi connectivity index (χ4n) is 3.99. The molecule has 1 aliphatic heterocycles. The van der Waals surface area contributed by atoms with Gasteiger partial charge in [-0.05, 0) is 30.5 Å². The highest BCUT2D eigenvalue weighted by Crippen LogP contribution is 2.53. The van der Waals surface area contributed by atoms with Crippen molar-refractivity contribution in [2.24, 2.45) is 0 Å².